The first-order valence-corrected chi connectivity index (χ1v) is 8.70. The van der Waals surface area contributed by atoms with Crippen LogP contribution < -0.4 is 4.74 Å². The molecule has 1 atom stereocenters. The maximum Gasteiger partial charge on any atom is 0.323 e. The first-order valence-electron chi connectivity index (χ1n) is 8.70. The van der Waals surface area contributed by atoms with E-state index in [2.05, 4.69) is 23.1 Å². The van der Waals surface area contributed by atoms with Gasteiger partial charge in [0.2, 0.25) is 0 Å². The first-order chi connectivity index (χ1) is 11.7. The highest BCUT2D eigenvalue weighted by atomic mass is 16.5. The van der Waals surface area contributed by atoms with Gasteiger partial charge in [0.05, 0.1) is 13.7 Å². The molecule has 3 rings (SSSR count). The number of carbonyl (C=O) groups excluding carboxylic acids is 1. The summed E-state index contributed by atoms with van der Waals surface area (Å²) in [7, 11) is 1.70. The van der Waals surface area contributed by atoms with E-state index < -0.39 is 0 Å². The Kier molecular flexibility index (Phi) is 5.36. The molecule has 0 amide bonds. The average Bonchev–Trinajstić information content (AvgIpc) is 2.62. The van der Waals surface area contributed by atoms with Crippen LogP contribution in [-0.2, 0) is 16.1 Å². The fraction of sp³-hybridized carbons (Fsp3) is 0.450. The van der Waals surface area contributed by atoms with E-state index in [-0.39, 0.29) is 12.0 Å². The number of rotatable bonds is 5. The molecule has 128 valence electrons. The number of likely N-dealkylation sites (tertiary alicyclic amines) is 1. The molecular weight excluding hydrogens is 302 g/mol. The zero-order valence-corrected chi connectivity index (χ0v) is 14.5. The van der Waals surface area contributed by atoms with Gasteiger partial charge in [0.15, 0.2) is 0 Å². The van der Waals surface area contributed by atoms with E-state index in [0.717, 1.165) is 43.5 Å². The predicted octanol–water partition coefficient (Wildman–Crippen LogP) is 3.77. The molecule has 0 spiro atoms. The topological polar surface area (TPSA) is 38.8 Å². The van der Waals surface area contributed by atoms with Crippen molar-refractivity contribution in [2.45, 2.75) is 38.8 Å². The van der Waals surface area contributed by atoms with Crippen molar-refractivity contribution >= 4 is 16.7 Å². The summed E-state index contributed by atoms with van der Waals surface area (Å²) >= 11 is 0. The summed E-state index contributed by atoms with van der Waals surface area (Å²) in [5.74, 6) is 0.796. The van der Waals surface area contributed by atoms with Gasteiger partial charge in [-0.25, -0.2) is 0 Å². The number of benzene rings is 2. The van der Waals surface area contributed by atoms with Crippen LogP contribution in [0, 0.1) is 0 Å². The molecule has 0 unspecified atom stereocenters. The molecule has 1 fully saturated rings. The highest BCUT2D eigenvalue weighted by Gasteiger charge is 2.30. The molecule has 1 saturated heterocycles. The fourth-order valence-electron chi connectivity index (χ4n) is 3.55. The van der Waals surface area contributed by atoms with Crippen LogP contribution in [0.4, 0.5) is 0 Å². The van der Waals surface area contributed by atoms with Crippen LogP contribution in [-0.4, -0.2) is 37.2 Å². The number of hydrogen-bond donors (Lipinski definition) is 0. The minimum Gasteiger partial charge on any atom is -0.496 e. The molecule has 0 N–H and O–H groups in total. The lowest BCUT2D eigenvalue weighted by Gasteiger charge is -2.34. The molecule has 1 heterocycles. The van der Waals surface area contributed by atoms with Crippen LogP contribution in [0.5, 0.6) is 5.75 Å². The van der Waals surface area contributed by atoms with E-state index >= 15 is 0 Å². The van der Waals surface area contributed by atoms with Crippen molar-refractivity contribution in [3.8, 4) is 5.75 Å². The lowest BCUT2D eigenvalue weighted by molar-refractivity contribution is -0.151. The fourth-order valence-corrected chi connectivity index (χ4v) is 3.55. The van der Waals surface area contributed by atoms with Gasteiger partial charge >= 0.3 is 5.97 Å². The molecule has 2 aromatic rings. The largest absolute Gasteiger partial charge is 0.496 e. The van der Waals surface area contributed by atoms with Crippen molar-refractivity contribution in [3.63, 3.8) is 0 Å². The molecule has 1 aliphatic rings. The standard InChI is InChI=1S/C20H25NO3/c1-3-24-20(22)18-10-6-7-13-21(18)14-15-11-12-19(23-2)17-9-5-4-8-16(15)17/h4-5,8-9,11-12,18H,3,6-7,10,13-14H2,1-2H3/t18-/m0/s1. The molecular formula is C20H25NO3. The van der Waals surface area contributed by atoms with Crippen molar-refractivity contribution in [1.29, 1.82) is 0 Å². The highest BCUT2D eigenvalue weighted by molar-refractivity contribution is 5.91. The van der Waals surface area contributed by atoms with Gasteiger partial charge < -0.3 is 9.47 Å². The monoisotopic (exact) mass is 327 g/mol. The first kappa shape index (κ1) is 16.8. The third-order valence-corrected chi connectivity index (χ3v) is 4.74. The van der Waals surface area contributed by atoms with Gasteiger partial charge in [-0.3, -0.25) is 9.69 Å². The zero-order valence-electron chi connectivity index (χ0n) is 14.5. The van der Waals surface area contributed by atoms with Crippen molar-refractivity contribution in [2.24, 2.45) is 0 Å². The number of piperidine rings is 1. The predicted molar refractivity (Wildman–Crippen MR) is 95.2 cm³/mol. The molecule has 4 heteroatoms. The lowest BCUT2D eigenvalue weighted by Crippen LogP contribution is -2.44. The van der Waals surface area contributed by atoms with Crippen molar-refractivity contribution in [1.82, 2.24) is 4.90 Å². The van der Waals surface area contributed by atoms with Gasteiger partial charge in [-0.05, 0) is 43.3 Å². The summed E-state index contributed by atoms with van der Waals surface area (Å²) in [6, 6.07) is 12.3. The normalized spacial score (nSPS) is 18.5. The molecule has 0 saturated carbocycles. The van der Waals surface area contributed by atoms with Crippen molar-refractivity contribution < 1.29 is 14.3 Å². The number of nitrogens with zero attached hydrogens (tertiary/aromatic N) is 1. The Morgan fingerprint density at radius 1 is 1.17 bits per heavy atom. The van der Waals surface area contributed by atoms with E-state index in [1.54, 1.807) is 7.11 Å². The Labute approximate surface area is 143 Å². The maximum absolute atomic E-state index is 12.3. The average molecular weight is 327 g/mol. The number of carbonyl (C=O) groups is 1. The lowest BCUT2D eigenvalue weighted by atomic mass is 9.98. The molecule has 4 nitrogen and oxygen atoms in total. The van der Waals surface area contributed by atoms with Gasteiger partial charge in [-0.2, -0.15) is 0 Å². The second-order valence-corrected chi connectivity index (χ2v) is 6.21. The quantitative estimate of drug-likeness (QED) is 0.784. The summed E-state index contributed by atoms with van der Waals surface area (Å²) < 4.78 is 10.7. The molecule has 0 radical (unpaired) electrons. The zero-order chi connectivity index (χ0) is 16.9. The third kappa shape index (κ3) is 3.39. The number of fused-ring (bicyclic) bond motifs is 1. The van der Waals surface area contributed by atoms with Gasteiger partial charge in [0, 0.05) is 11.9 Å². The van der Waals surface area contributed by atoms with Crippen LogP contribution in [0.3, 0.4) is 0 Å². The van der Waals surface area contributed by atoms with Crippen LogP contribution in [0.2, 0.25) is 0 Å². The Hall–Kier alpha value is -2.07. The second-order valence-electron chi connectivity index (χ2n) is 6.21. The molecule has 2 aromatic carbocycles. The van der Waals surface area contributed by atoms with Gasteiger partial charge in [0.25, 0.3) is 0 Å². The Bertz CT molecular complexity index is 713. The van der Waals surface area contributed by atoms with E-state index in [0.29, 0.717) is 6.61 Å². The third-order valence-electron chi connectivity index (χ3n) is 4.74. The van der Waals surface area contributed by atoms with Crippen LogP contribution in [0.25, 0.3) is 10.8 Å². The minimum absolute atomic E-state index is 0.0879. The second kappa shape index (κ2) is 7.67. The maximum atomic E-state index is 12.3. The van der Waals surface area contributed by atoms with Crippen molar-refractivity contribution in [3.05, 3.63) is 42.0 Å². The smallest absolute Gasteiger partial charge is 0.323 e. The van der Waals surface area contributed by atoms with E-state index in [1.807, 2.05) is 25.1 Å². The van der Waals surface area contributed by atoms with Crippen LogP contribution in [0.15, 0.2) is 36.4 Å². The summed E-state index contributed by atoms with van der Waals surface area (Å²) in [5.41, 5.74) is 1.22. The number of hydrogen-bond acceptors (Lipinski definition) is 4. The summed E-state index contributed by atoms with van der Waals surface area (Å²) in [4.78, 5) is 14.5. The van der Waals surface area contributed by atoms with Gasteiger partial charge in [0.1, 0.15) is 11.8 Å². The number of methoxy groups -OCH3 is 1. The SMILES string of the molecule is CCOC(=O)[C@@H]1CCCCN1Cc1ccc(OC)c2ccccc12. The Balaban J connectivity index is 1.89. The van der Waals surface area contributed by atoms with Crippen molar-refractivity contribution in [2.75, 3.05) is 20.3 Å². The number of esters is 1. The molecule has 24 heavy (non-hydrogen) atoms. The minimum atomic E-state index is -0.125. The summed E-state index contributed by atoms with van der Waals surface area (Å²) in [6.07, 6.45) is 3.10. The van der Waals surface area contributed by atoms with E-state index in [1.165, 1.54) is 10.9 Å². The molecule has 0 aromatic heterocycles. The van der Waals surface area contributed by atoms with Crippen LogP contribution in [0.1, 0.15) is 31.7 Å². The summed E-state index contributed by atoms with van der Waals surface area (Å²) in [5, 5.41) is 2.30. The van der Waals surface area contributed by atoms with Gasteiger partial charge in [-0.15, -0.1) is 0 Å². The van der Waals surface area contributed by atoms with Gasteiger partial charge in [-0.1, -0.05) is 36.8 Å². The number of ether oxygens (including phenoxy) is 2. The summed E-state index contributed by atoms with van der Waals surface area (Å²) in [6.45, 7) is 3.99. The molecule has 1 aliphatic heterocycles. The highest BCUT2D eigenvalue weighted by Crippen LogP contribution is 2.30. The van der Waals surface area contributed by atoms with E-state index in [9.17, 15) is 4.79 Å². The molecule has 0 aliphatic carbocycles. The Morgan fingerprint density at radius 3 is 2.71 bits per heavy atom. The Morgan fingerprint density at radius 2 is 1.96 bits per heavy atom. The van der Waals surface area contributed by atoms with E-state index in [4.69, 9.17) is 9.47 Å². The van der Waals surface area contributed by atoms with Crippen LogP contribution >= 0.6 is 0 Å². The molecule has 0 bridgehead atoms.